The molecule has 4 nitrogen and oxygen atoms in total. The summed E-state index contributed by atoms with van der Waals surface area (Å²) < 4.78 is 31.9. The topological polar surface area (TPSA) is 54.9 Å². The van der Waals surface area contributed by atoms with E-state index in [1.807, 2.05) is 24.3 Å². The molecule has 0 saturated heterocycles. The van der Waals surface area contributed by atoms with Crippen molar-refractivity contribution in [1.82, 2.24) is 5.32 Å². The molecule has 0 aromatic heterocycles. The molecule has 6 heteroatoms. The minimum absolute atomic E-state index is 0.148. The highest BCUT2D eigenvalue weighted by molar-refractivity contribution is 5.79. The molecule has 0 spiro atoms. The van der Waals surface area contributed by atoms with Crippen LogP contribution in [0.3, 0.4) is 0 Å². The van der Waals surface area contributed by atoms with Gasteiger partial charge in [0, 0.05) is 18.2 Å². The summed E-state index contributed by atoms with van der Waals surface area (Å²) in [5.74, 6) is -0.606. The highest BCUT2D eigenvalue weighted by atomic mass is 19.1. The van der Waals surface area contributed by atoms with Crippen LogP contribution in [-0.2, 0) is 11.3 Å². The Bertz CT molecular complexity index is 720. The summed E-state index contributed by atoms with van der Waals surface area (Å²) in [6.07, 6.45) is 0. The van der Waals surface area contributed by atoms with Gasteiger partial charge in [0.25, 0.3) is 5.91 Å². The molecule has 0 radical (unpaired) electrons. The second-order valence-electron chi connectivity index (χ2n) is 6.00. The summed E-state index contributed by atoms with van der Waals surface area (Å²) in [4.78, 5) is 12.2. The van der Waals surface area contributed by atoms with Crippen LogP contribution in [-0.4, -0.2) is 19.1 Å². The zero-order chi connectivity index (χ0) is 18.4. The van der Waals surface area contributed by atoms with Gasteiger partial charge >= 0.3 is 0 Å². The average molecular weight is 349 g/mol. The van der Waals surface area contributed by atoms with Gasteiger partial charge < -0.3 is 15.4 Å². The first-order chi connectivity index (χ1) is 11.9. The van der Waals surface area contributed by atoms with Crippen molar-refractivity contribution in [2.75, 3.05) is 7.11 Å². The molecule has 0 aliphatic heterocycles. The lowest BCUT2D eigenvalue weighted by atomic mass is 10.1. The number of nitrogens with two attached hydrogens (primary N) is 1. The molecule has 2 atom stereocenters. The summed E-state index contributed by atoms with van der Waals surface area (Å²) >= 11 is 0. The van der Waals surface area contributed by atoms with E-state index >= 15 is 0 Å². The van der Waals surface area contributed by atoms with Crippen LogP contribution in [0.4, 0.5) is 8.78 Å². The number of rotatable bonds is 7. The molecular formula is C19H23F2N2O2+. The van der Waals surface area contributed by atoms with Crippen LogP contribution in [0.1, 0.15) is 31.0 Å². The molecule has 3 N–H and O–H groups in total. The van der Waals surface area contributed by atoms with Gasteiger partial charge in [-0.05, 0) is 43.7 Å². The van der Waals surface area contributed by atoms with E-state index in [4.69, 9.17) is 4.74 Å². The number of methoxy groups -OCH3 is 1. The molecular weight excluding hydrogens is 326 g/mol. The van der Waals surface area contributed by atoms with Gasteiger partial charge in [0.1, 0.15) is 23.4 Å². The Morgan fingerprint density at radius 2 is 1.84 bits per heavy atom. The third-order valence-electron chi connectivity index (χ3n) is 4.07. The second kappa shape index (κ2) is 8.58. The lowest BCUT2D eigenvalue weighted by Gasteiger charge is -2.17. The minimum atomic E-state index is -0.612. The normalized spacial score (nSPS) is 13.2. The van der Waals surface area contributed by atoms with Gasteiger partial charge in [0.15, 0.2) is 6.04 Å². The quantitative estimate of drug-likeness (QED) is 0.806. The number of halogens is 2. The standard InChI is InChI=1S/C19H22F2N2O2/c1-12(17-9-6-15(20)10-18(17)21)23-13(2)19(24)22-11-14-4-7-16(25-3)8-5-14/h4-10,12-13,23H,11H2,1-3H3,(H,22,24)/p+1/t12-,13+/m1/s1. The number of hydrogen-bond acceptors (Lipinski definition) is 2. The van der Waals surface area contributed by atoms with Crippen molar-refractivity contribution >= 4 is 5.91 Å². The van der Waals surface area contributed by atoms with E-state index < -0.39 is 17.7 Å². The first-order valence-corrected chi connectivity index (χ1v) is 8.11. The van der Waals surface area contributed by atoms with E-state index in [9.17, 15) is 13.6 Å². The fraction of sp³-hybridized carbons (Fsp3) is 0.316. The Morgan fingerprint density at radius 3 is 2.44 bits per heavy atom. The summed E-state index contributed by atoms with van der Waals surface area (Å²) in [7, 11) is 1.60. The first kappa shape index (κ1) is 18.9. The predicted octanol–water partition coefficient (Wildman–Crippen LogP) is 2.30. The van der Waals surface area contributed by atoms with Crippen molar-refractivity contribution in [3.63, 3.8) is 0 Å². The van der Waals surface area contributed by atoms with Crippen LogP contribution in [0.15, 0.2) is 42.5 Å². The number of amides is 1. The van der Waals surface area contributed by atoms with Gasteiger partial charge in [-0.1, -0.05) is 12.1 Å². The maximum atomic E-state index is 13.8. The molecule has 0 bridgehead atoms. The number of nitrogens with one attached hydrogen (secondary N) is 1. The lowest BCUT2D eigenvalue weighted by Crippen LogP contribution is -2.92. The number of carbonyl (C=O) groups excluding carboxylic acids is 1. The minimum Gasteiger partial charge on any atom is -0.497 e. The third-order valence-corrected chi connectivity index (χ3v) is 4.07. The van der Waals surface area contributed by atoms with E-state index in [1.54, 1.807) is 26.3 Å². The smallest absolute Gasteiger partial charge is 0.278 e. The molecule has 2 rings (SSSR count). The van der Waals surface area contributed by atoms with E-state index in [1.165, 1.54) is 12.1 Å². The van der Waals surface area contributed by atoms with Gasteiger partial charge in [-0.2, -0.15) is 0 Å². The summed E-state index contributed by atoms with van der Waals surface area (Å²) in [5, 5.41) is 4.60. The van der Waals surface area contributed by atoms with Gasteiger partial charge in [-0.15, -0.1) is 0 Å². The van der Waals surface area contributed by atoms with E-state index in [2.05, 4.69) is 5.32 Å². The third kappa shape index (κ3) is 5.26. The zero-order valence-corrected chi connectivity index (χ0v) is 14.6. The SMILES string of the molecule is COc1ccc(CNC(=O)[C@H](C)[NH2+][C@H](C)c2ccc(F)cc2F)cc1. The molecule has 25 heavy (non-hydrogen) atoms. The van der Waals surface area contributed by atoms with Crippen molar-refractivity contribution in [2.45, 2.75) is 32.5 Å². The first-order valence-electron chi connectivity index (χ1n) is 8.11. The van der Waals surface area contributed by atoms with Crippen molar-refractivity contribution in [2.24, 2.45) is 0 Å². The van der Waals surface area contributed by atoms with Crippen LogP contribution >= 0.6 is 0 Å². The number of quaternary nitrogens is 1. The molecule has 0 saturated carbocycles. The van der Waals surface area contributed by atoms with E-state index in [-0.39, 0.29) is 11.9 Å². The van der Waals surface area contributed by atoms with Gasteiger partial charge in [-0.3, -0.25) is 4.79 Å². The largest absolute Gasteiger partial charge is 0.497 e. The molecule has 0 aliphatic rings. The van der Waals surface area contributed by atoms with Gasteiger partial charge in [-0.25, -0.2) is 8.78 Å². The average Bonchev–Trinajstić information content (AvgIpc) is 2.59. The van der Waals surface area contributed by atoms with Gasteiger partial charge in [0.2, 0.25) is 0 Å². The molecule has 0 fully saturated rings. The Balaban J connectivity index is 1.88. The molecule has 0 unspecified atom stereocenters. The van der Waals surface area contributed by atoms with Crippen molar-refractivity contribution in [3.05, 3.63) is 65.2 Å². The Hall–Kier alpha value is -2.47. The number of hydrogen-bond donors (Lipinski definition) is 2. The monoisotopic (exact) mass is 349 g/mol. The number of carbonyl (C=O) groups is 1. The van der Waals surface area contributed by atoms with Crippen LogP contribution in [0.5, 0.6) is 5.75 Å². The molecule has 2 aromatic rings. The predicted molar refractivity (Wildman–Crippen MR) is 91.0 cm³/mol. The number of ether oxygens (including phenoxy) is 1. The van der Waals surface area contributed by atoms with E-state index in [0.29, 0.717) is 12.1 Å². The molecule has 0 heterocycles. The maximum Gasteiger partial charge on any atom is 0.278 e. The summed E-state index contributed by atoms with van der Waals surface area (Å²) in [6, 6.07) is 10.2. The highest BCUT2D eigenvalue weighted by Gasteiger charge is 2.22. The Labute approximate surface area is 146 Å². The molecule has 0 aliphatic carbocycles. The van der Waals surface area contributed by atoms with Crippen LogP contribution in [0.25, 0.3) is 0 Å². The van der Waals surface area contributed by atoms with Crippen molar-refractivity contribution in [3.8, 4) is 5.75 Å². The lowest BCUT2D eigenvalue weighted by molar-refractivity contribution is -0.710. The highest BCUT2D eigenvalue weighted by Crippen LogP contribution is 2.15. The molecule has 2 aromatic carbocycles. The summed E-state index contributed by atoms with van der Waals surface area (Å²) in [5.41, 5.74) is 1.33. The fourth-order valence-electron chi connectivity index (χ4n) is 2.59. The van der Waals surface area contributed by atoms with Crippen molar-refractivity contribution in [1.29, 1.82) is 0 Å². The fourth-order valence-corrected chi connectivity index (χ4v) is 2.59. The van der Waals surface area contributed by atoms with Crippen molar-refractivity contribution < 1.29 is 23.6 Å². The van der Waals surface area contributed by atoms with Gasteiger partial charge in [0.05, 0.1) is 7.11 Å². The second-order valence-corrected chi connectivity index (χ2v) is 6.00. The van der Waals surface area contributed by atoms with Crippen LogP contribution in [0, 0.1) is 11.6 Å². The van der Waals surface area contributed by atoms with Crippen LogP contribution < -0.4 is 15.4 Å². The van der Waals surface area contributed by atoms with E-state index in [0.717, 1.165) is 17.4 Å². The Morgan fingerprint density at radius 1 is 1.16 bits per heavy atom. The summed E-state index contributed by atoms with van der Waals surface area (Å²) in [6.45, 7) is 3.94. The zero-order valence-electron chi connectivity index (χ0n) is 14.6. The molecule has 1 amide bonds. The van der Waals surface area contributed by atoms with Crippen LogP contribution in [0.2, 0.25) is 0 Å². The molecule has 134 valence electrons. The number of benzene rings is 2. The maximum absolute atomic E-state index is 13.8. The Kier molecular flexibility index (Phi) is 6.47.